The fraction of sp³-hybridized carbons (Fsp3) is 0.0938. The van der Waals surface area contributed by atoms with Crippen molar-refractivity contribution in [2.75, 3.05) is 11.9 Å². The van der Waals surface area contributed by atoms with Crippen molar-refractivity contribution >= 4 is 17.4 Å². The van der Waals surface area contributed by atoms with Crippen LogP contribution in [0.15, 0.2) is 122 Å². The van der Waals surface area contributed by atoms with Gasteiger partial charge >= 0.3 is 0 Å². The fourth-order valence-corrected chi connectivity index (χ4v) is 4.87. The third-order valence-corrected chi connectivity index (χ3v) is 6.64. The minimum Gasteiger partial charge on any atom is -0.324 e. The molecule has 0 fully saturated rings. The summed E-state index contributed by atoms with van der Waals surface area (Å²) >= 11 is 0. The number of aryl methyl sites for hydroxylation is 1. The summed E-state index contributed by atoms with van der Waals surface area (Å²) in [6.45, 7) is 1.73. The molecule has 188 valence electrons. The quantitative estimate of drug-likeness (QED) is 0.227. The highest BCUT2D eigenvalue weighted by Crippen LogP contribution is 2.40. The van der Waals surface area contributed by atoms with Crippen LogP contribution in [0.3, 0.4) is 0 Å². The third-order valence-electron chi connectivity index (χ3n) is 6.64. The molecule has 6 nitrogen and oxygen atoms in total. The number of nitrogens with one attached hydrogen (secondary N) is 1. The Labute approximate surface area is 221 Å². The predicted octanol–water partition coefficient (Wildman–Crippen LogP) is 5.16. The number of rotatable bonds is 8. The van der Waals surface area contributed by atoms with Gasteiger partial charge < -0.3 is 11.1 Å². The van der Waals surface area contributed by atoms with Gasteiger partial charge in [0.15, 0.2) is 5.78 Å². The predicted molar refractivity (Wildman–Crippen MR) is 149 cm³/mol. The Morgan fingerprint density at radius 1 is 0.816 bits per heavy atom. The number of carbonyl (C=O) groups is 2. The third kappa shape index (κ3) is 4.53. The van der Waals surface area contributed by atoms with Crippen molar-refractivity contribution in [3.05, 3.63) is 155 Å². The highest BCUT2D eigenvalue weighted by molar-refractivity contribution is 6.13. The highest BCUT2D eigenvalue weighted by Gasteiger charge is 2.39. The standard InChI is InChI=1S/C32H28N4O2/c1-23-17-18-29(35-30(37)20-33)28(19-23)31(38)24-21-34-36(22-24)32(25-11-5-2-6-12-25,26-13-7-3-8-14-26)27-15-9-4-10-16-27/h2-19,21-22H,20,33H2,1H3,(H,35,37). The van der Waals surface area contributed by atoms with Crippen LogP contribution in [0.5, 0.6) is 0 Å². The van der Waals surface area contributed by atoms with Crippen molar-refractivity contribution in [2.24, 2.45) is 5.73 Å². The maximum absolute atomic E-state index is 13.8. The van der Waals surface area contributed by atoms with Crippen molar-refractivity contribution in [3.63, 3.8) is 0 Å². The second kappa shape index (κ2) is 10.7. The van der Waals surface area contributed by atoms with Gasteiger partial charge in [-0.1, -0.05) is 103 Å². The molecular formula is C32H28N4O2. The van der Waals surface area contributed by atoms with Gasteiger partial charge in [0.1, 0.15) is 5.54 Å². The smallest absolute Gasteiger partial charge is 0.238 e. The van der Waals surface area contributed by atoms with E-state index < -0.39 is 5.54 Å². The molecule has 5 aromatic rings. The minimum atomic E-state index is -0.828. The van der Waals surface area contributed by atoms with E-state index in [0.29, 0.717) is 16.8 Å². The lowest BCUT2D eigenvalue weighted by Crippen LogP contribution is -2.38. The Morgan fingerprint density at radius 2 is 1.34 bits per heavy atom. The summed E-state index contributed by atoms with van der Waals surface area (Å²) < 4.78 is 1.86. The van der Waals surface area contributed by atoms with Crippen LogP contribution in [0.4, 0.5) is 5.69 Å². The topological polar surface area (TPSA) is 90.0 Å². The molecular weight excluding hydrogens is 472 g/mol. The Kier molecular flexibility index (Phi) is 6.98. The molecule has 0 saturated carbocycles. The molecule has 5 rings (SSSR count). The number of nitrogens with zero attached hydrogens (tertiary/aromatic N) is 2. The van der Waals surface area contributed by atoms with E-state index in [1.807, 2.05) is 72.3 Å². The Hall–Kier alpha value is -4.81. The zero-order valence-corrected chi connectivity index (χ0v) is 21.0. The first-order valence-electron chi connectivity index (χ1n) is 12.4. The van der Waals surface area contributed by atoms with Crippen LogP contribution >= 0.6 is 0 Å². The van der Waals surface area contributed by atoms with E-state index in [1.54, 1.807) is 24.5 Å². The van der Waals surface area contributed by atoms with Crippen molar-refractivity contribution in [1.82, 2.24) is 9.78 Å². The largest absolute Gasteiger partial charge is 0.324 e. The van der Waals surface area contributed by atoms with E-state index in [0.717, 1.165) is 22.3 Å². The van der Waals surface area contributed by atoms with Crippen LogP contribution in [0.25, 0.3) is 0 Å². The molecule has 0 spiro atoms. The molecule has 0 saturated heterocycles. The summed E-state index contributed by atoms with van der Waals surface area (Å²) in [4.78, 5) is 25.8. The maximum atomic E-state index is 13.8. The van der Waals surface area contributed by atoms with Gasteiger partial charge in [0.05, 0.1) is 24.0 Å². The lowest BCUT2D eigenvalue weighted by molar-refractivity contribution is -0.114. The number of hydrogen-bond donors (Lipinski definition) is 2. The number of amides is 1. The van der Waals surface area contributed by atoms with Crippen LogP contribution < -0.4 is 11.1 Å². The molecule has 6 heteroatoms. The Morgan fingerprint density at radius 3 is 1.84 bits per heavy atom. The summed E-state index contributed by atoms with van der Waals surface area (Å²) in [6, 6.07) is 35.8. The zero-order valence-electron chi connectivity index (χ0n) is 21.0. The molecule has 38 heavy (non-hydrogen) atoms. The van der Waals surface area contributed by atoms with E-state index in [1.165, 1.54) is 0 Å². The van der Waals surface area contributed by atoms with Crippen LogP contribution in [0.1, 0.15) is 38.2 Å². The van der Waals surface area contributed by atoms with Gasteiger partial charge in [0.25, 0.3) is 0 Å². The van der Waals surface area contributed by atoms with Crippen molar-refractivity contribution in [2.45, 2.75) is 12.5 Å². The first-order chi connectivity index (χ1) is 18.5. The fourth-order valence-electron chi connectivity index (χ4n) is 4.87. The van der Waals surface area contributed by atoms with Gasteiger partial charge in [-0.25, -0.2) is 0 Å². The molecule has 0 radical (unpaired) electrons. The molecule has 0 aliphatic rings. The molecule has 0 unspecified atom stereocenters. The van der Waals surface area contributed by atoms with Crippen molar-refractivity contribution in [3.8, 4) is 0 Å². The zero-order chi connectivity index (χ0) is 26.5. The summed E-state index contributed by atoms with van der Waals surface area (Å²) in [6.07, 6.45) is 3.37. The minimum absolute atomic E-state index is 0.173. The number of anilines is 1. The SMILES string of the molecule is Cc1ccc(NC(=O)CN)c(C(=O)c2cnn(C(c3ccccc3)(c3ccccc3)c3ccccc3)c2)c1. The molecule has 0 atom stereocenters. The number of aromatic nitrogens is 2. The first-order valence-corrected chi connectivity index (χ1v) is 12.4. The first kappa shape index (κ1) is 24.9. The van der Waals surface area contributed by atoms with E-state index in [9.17, 15) is 9.59 Å². The van der Waals surface area contributed by atoms with Crippen LogP contribution in [0, 0.1) is 6.92 Å². The Bertz CT molecular complexity index is 1460. The summed E-state index contributed by atoms with van der Waals surface area (Å²) in [5.74, 6) is -0.606. The summed E-state index contributed by atoms with van der Waals surface area (Å²) in [5.41, 5.74) is 9.80. The number of carbonyl (C=O) groups excluding carboxylic acids is 2. The summed E-state index contributed by atoms with van der Waals surface area (Å²) in [7, 11) is 0. The molecule has 1 amide bonds. The average molecular weight is 501 g/mol. The summed E-state index contributed by atoms with van der Waals surface area (Å²) in [5, 5.41) is 7.52. The normalized spacial score (nSPS) is 11.2. The van der Waals surface area contributed by atoms with Crippen LogP contribution in [-0.2, 0) is 10.3 Å². The average Bonchev–Trinajstić information content (AvgIpc) is 3.46. The highest BCUT2D eigenvalue weighted by atomic mass is 16.2. The second-order valence-electron chi connectivity index (χ2n) is 9.11. The molecule has 4 aromatic carbocycles. The second-order valence-corrected chi connectivity index (χ2v) is 9.11. The Balaban J connectivity index is 1.70. The lowest BCUT2D eigenvalue weighted by atomic mass is 9.77. The van der Waals surface area contributed by atoms with Gasteiger partial charge in [-0.2, -0.15) is 5.10 Å². The van der Waals surface area contributed by atoms with Gasteiger partial charge in [-0.15, -0.1) is 0 Å². The van der Waals surface area contributed by atoms with Gasteiger partial charge in [-0.05, 0) is 35.7 Å². The van der Waals surface area contributed by atoms with Crippen molar-refractivity contribution < 1.29 is 9.59 Å². The monoisotopic (exact) mass is 500 g/mol. The maximum Gasteiger partial charge on any atom is 0.238 e. The molecule has 1 heterocycles. The van der Waals surface area contributed by atoms with E-state index in [-0.39, 0.29) is 18.2 Å². The number of ketones is 1. The van der Waals surface area contributed by atoms with Gasteiger partial charge in [0, 0.05) is 11.8 Å². The number of nitrogens with two attached hydrogens (primary N) is 1. The van der Waals surface area contributed by atoms with E-state index in [2.05, 4.69) is 41.7 Å². The van der Waals surface area contributed by atoms with Crippen molar-refractivity contribution in [1.29, 1.82) is 0 Å². The molecule has 0 aliphatic heterocycles. The van der Waals surface area contributed by atoms with Crippen LogP contribution in [0.2, 0.25) is 0 Å². The molecule has 0 bridgehead atoms. The van der Waals surface area contributed by atoms with E-state index in [4.69, 9.17) is 10.8 Å². The molecule has 1 aromatic heterocycles. The molecule has 3 N–H and O–H groups in total. The number of hydrogen-bond acceptors (Lipinski definition) is 4. The van der Waals surface area contributed by atoms with Gasteiger partial charge in [-0.3, -0.25) is 14.3 Å². The number of benzene rings is 4. The lowest BCUT2D eigenvalue weighted by Gasteiger charge is -2.36. The van der Waals surface area contributed by atoms with Crippen LogP contribution in [-0.4, -0.2) is 28.0 Å². The van der Waals surface area contributed by atoms with Gasteiger partial charge in [0.2, 0.25) is 5.91 Å². The molecule has 0 aliphatic carbocycles. The van der Waals surface area contributed by atoms with E-state index >= 15 is 0 Å².